The van der Waals surface area contributed by atoms with Crippen LogP contribution in [0.15, 0.2) is 45.5 Å². The van der Waals surface area contributed by atoms with Gasteiger partial charge in [-0.3, -0.25) is 0 Å². The van der Waals surface area contributed by atoms with Gasteiger partial charge in [0.15, 0.2) is 6.79 Å². The van der Waals surface area contributed by atoms with E-state index in [2.05, 4.69) is 22.0 Å². The number of methoxy groups -OCH3 is 1. The SMILES string of the molecule is COCOc1cc(Br)c2c(ccc3ccoc32)c1. The summed E-state index contributed by atoms with van der Waals surface area (Å²) in [5.41, 5.74) is 0.887. The van der Waals surface area contributed by atoms with Crippen LogP contribution in [0.3, 0.4) is 0 Å². The first-order chi connectivity index (χ1) is 8.79. The Morgan fingerprint density at radius 2 is 2.00 bits per heavy atom. The molecule has 0 radical (unpaired) electrons. The molecular weight excluding hydrogens is 296 g/mol. The van der Waals surface area contributed by atoms with Crippen molar-refractivity contribution in [3.05, 3.63) is 41.1 Å². The summed E-state index contributed by atoms with van der Waals surface area (Å²) >= 11 is 3.56. The zero-order chi connectivity index (χ0) is 12.5. The third-order valence-electron chi connectivity index (χ3n) is 2.80. The second kappa shape index (κ2) is 4.63. The summed E-state index contributed by atoms with van der Waals surface area (Å²) in [5.74, 6) is 0.766. The molecule has 0 saturated carbocycles. The van der Waals surface area contributed by atoms with Gasteiger partial charge in [0.2, 0.25) is 0 Å². The van der Waals surface area contributed by atoms with Gasteiger partial charge in [0.05, 0.1) is 6.26 Å². The van der Waals surface area contributed by atoms with Crippen LogP contribution in [0.4, 0.5) is 0 Å². The number of furan rings is 1. The van der Waals surface area contributed by atoms with Crippen molar-refractivity contribution in [1.82, 2.24) is 0 Å². The number of benzene rings is 2. The van der Waals surface area contributed by atoms with E-state index < -0.39 is 0 Å². The van der Waals surface area contributed by atoms with Gasteiger partial charge in [-0.05, 0) is 39.5 Å². The molecule has 0 spiro atoms. The van der Waals surface area contributed by atoms with E-state index in [1.165, 1.54) is 0 Å². The molecule has 4 heteroatoms. The number of hydrogen-bond donors (Lipinski definition) is 0. The van der Waals surface area contributed by atoms with Gasteiger partial charge in [0.25, 0.3) is 0 Å². The molecule has 0 fully saturated rings. The first-order valence-corrected chi connectivity index (χ1v) is 6.30. The number of fused-ring (bicyclic) bond motifs is 3. The topological polar surface area (TPSA) is 31.6 Å². The molecule has 1 heterocycles. The van der Waals surface area contributed by atoms with E-state index in [0.29, 0.717) is 0 Å². The van der Waals surface area contributed by atoms with Gasteiger partial charge < -0.3 is 13.9 Å². The molecule has 92 valence electrons. The first-order valence-electron chi connectivity index (χ1n) is 5.51. The molecule has 0 atom stereocenters. The van der Waals surface area contributed by atoms with E-state index in [-0.39, 0.29) is 6.79 Å². The number of halogens is 1. The smallest absolute Gasteiger partial charge is 0.188 e. The summed E-state index contributed by atoms with van der Waals surface area (Å²) in [6.45, 7) is 0.237. The minimum absolute atomic E-state index is 0.237. The molecule has 3 rings (SSSR count). The fourth-order valence-corrected chi connectivity index (χ4v) is 2.65. The lowest BCUT2D eigenvalue weighted by Crippen LogP contribution is -1.98. The molecule has 0 aliphatic rings. The fourth-order valence-electron chi connectivity index (χ4n) is 2.02. The standard InChI is InChI=1S/C14H11BrO3/c1-16-8-18-11-6-10-3-2-9-4-5-17-14(9)13(10)12(15)7-11/h2-7H,8H2,1H3. The van der Waals surface area contributed by atoms with Crippen molar-refractivity contribution >= 4 is 37.7 Å². The summed E-state index contributed by atoms with van der Waals surface area (Å²) in [6, 6.07) is 9.94. The van der Waals surface area contributed by atoms with Crippen molar-refractivity contribution < 1.29 is 13.9 Å². The van der Waals surface area contributed by atoms with Crippen LogP contribution in [0, 0.1) is 0 Å². The Hall–Kier alpha value is -1.52. The van der Waals surface area contributed by atoms with Crippen LogP contribution in [-0.4, -0.2) is 13.9 Å². The van der Waals surface area contributed by atoms with E-state index in [4.69, 9.17) is 13.9 Å². The molecular formula is C14H11BrO3. The minimum Gasteiger partial charge on any atom is -0.468 e. The van der Waals surface area contributed by atoms with E-state index >= 15 is 0 Å². The number of rotatable bonds is 3. The highest BCUT2D eigenvalue weighted by atomic mass is 79.9. The summed E-state index contributed by atoms with van der Waals surface area (Å²) in [5, 5.41) is 3.22. The zero-order valence-corrected chi connectivity index (χ0v) is 11.4. The Morgan fingerprint density at radius 3 is 2.83 bits per heavy atom. The van der Waals surface area contributed by atoms with Crippen LogP contribution < -0.4 is 4.74 Å². The zero-order valence-electron chi connectivity index (χ0n) is 9.77. The van der Waals surface area contributed by atoms with Crippen LogP contribution in [0.5, 0.6) is 5.75 Å². The average Bonchev–Trinajstić information content (AvgIpc) is 2.84. The van der Waals surface area contributed by atoms with E-state index in [1.54, 1.807) is 13.4 Å². The quantitative estimate of drug-likeness (QED) is 0.675. The third kappa shape index (κ3) is 1.87. The highest BCUT2D eigenvalue weighted by Crippen LogP contribution is 2.35. The van der Waals surface area contributed by atoms with Crippen LogP contribution >= 0.6 is 15.9 Å². The highest BCUT2D eigenvalue weighted by Gasteiger charge is 2.09. The number of ether oxygens (including phenoxy) is 2. The normalized spacial score (nSPS) is 11.2. The maximum absolute atomic E-state index is 5.54. The fraction of sp³-hybridized carbons (Fsp3) is 0.143. The third-order valence-corrected chi connectivity index (χ3v) is 3.43. The van der Waals surface area contributed by atoms with Crippen molar-refractivity contribution in [3.63, 3.8) is 0 Å². The van der Waals surface area contributed by atoms with Gasteiger partial charge in [0.1, 0.15) is 11.3 Å². The minimum atomic E-state index is 0.237. The van der Waals surface area contributed by atoms with Crippen LogP contribution in [0.2, 0.25) is 0 Å². The highest BCUT2D eigenvalue weighted by molar-refractivity contribution is 9.10. The molecule has 0 bridgehead atoms. The molecule has 0 unspecified atom stereocenters. The molecule has 18 heavy (non-hydrogen) atoms. The molecule has 1 aromatic heterocycles. The average molecular weight is 307 g/mol. The van der Waals surface area contributed by atoms with Crippen LogP contribution in [0.1, 0.15) is 0 Å². The molecule has 0 N–H and O–H groups in total. The maximum Gasteiger partial charge on any atom is 0.188 e. The lowest BCUT2D eigenvalue weighted by atomic mass is 10.1. The lowest BCUT2D eigenvalue weighted by molar-refractivity contribution is 0.0512. The van der Waals surface area contributed by atoms with Crippen LogP contribution in [0.25, 0.3) is 21.7 Å². The molecule has 0 aliphatic heterocycles. The first kappa shape index (κ1) is 11.6. The van der Waals surface area contributed by atoms with Crippen molar-refractivity contribution in [2.75, 3.05) is 13.9 Å². The summed E-state index contributed by atoms with van der Waals surface area (Å²) in [4.78, 5) is 0. The summed E-state index contributed by atoms with van der Waals surface area (Å²) in [7, 11) is 1.60. The van der Waals surface area contributed by atoms with Gasteiger partial charge in [-0.1, -0.05) is 12.1 Å². The summed E-state index contributed by atoms with van der Waals surface area (Å²) < 4.78 is 16.8. The molecule has 0 amide bonds. The van der Waals surface area contributed by atoms with Crippen molar-refractivity contribution in [2.45, 2.75) is 0 Å². The van der Waals surface area contributed by atoms with Crippen molar-refractivity contribution in [1.29, 1.82) is 0 Å². The second-order valence-electron chi connectivity index (χ2n) is 3.96. The Balaban J connectivity index is 2.22. The summed E-state index contributed by atoms with van der Waals surface area (Å²) in [6.07, 6.45) is 1.70. The van der Waals surface area contributed by atoms with Crippen LogP contribution in [-0.2, 0) is 4.74 Å². The lowest BCUT2D eigenvalue weighted by Gasteiger charge is -2.08. The molecule has 0 aliphatic carbocycles. The van der Waals surface area contributed by atoms with Gasteiger partial charge in [-0.2, -0.15) is 0 Å². The largest absolute Gasteiger partial charge is 0.468 e. The molecule has 2 aromatic carbocycles. The van der Waals surface area contributed by atoms with E-state index in [9.17, 15) is 0 Å². The molecule has 3 nitrogen and oxygen atoms in total. The Morgan fingerprint density at radius 1 is 1.17 bits per heavy atom. The maximum atomic E-state index is 5.54. The Labute approximate surface area is 112 Å². The van der Waals surface area contributed by atoms with Gasteiger partial charge >= 0.3 is 0 Å². The molecule has 3 aromatic rings. The Bertz CT molecular complexity index is 703. The molecule has 0 saturated heterocycles. The van der Waals surface area contributed by atoms with Gasteiger partial charge in [0, 0.05) is 22.4 Å². The van der Waals surface area contributed by atoms with Gasteiger partial charge in [-0.25, -0.2) is 0 Å². The second-order valence-corrected chi connectivity index (χ2v) is 4.81. The Kier molecular flexibility index (Phi) is 2.97. The monoisotopic (exact) mass is 306 g/mol. The number of hydrogen-bond acceptors (Lipinski definition) is 3. The van der Waals surface area contributed by atoms with Gasteiger partial charge in [-0.15, -0.1) is 0 Å². The predicted octanol–water partition coefficient (Wildman–Crippen LogP) is 4.33. The van der Waals surface area contributed by atoms with E-state index in [1.807, 2.05) is 24.3 Å². The van der Waals surface area contributed by atoms with Crippen molar-refractivity contribution in [3.8, 4) is 5.75 Å². The van der Waals surface area contributed by atoms with E-state index in [0.717, 1.165) is 32.0 Å². The predicted molar refractivity (Wildman–Crippen MR) is 73.9 cm³/mol. The van der Waals surface area contributed by atoms with Crippen molar-refractivity contribution in [2.24, 2.45) is 0 Å².